The molecule has 1 aromatic heterocycles. The lowest BCUT2D eigenvalue weighted by Gasteiger charge is -2.27. The minimum atomic E-state index is -0.424. The minimum absolute atomic E-state index is 0.0918. The summed E-state index contributed by atoms with van der Waals surface area (Å²) < 4.78 is 11.0. The third kappa shape index (κ3) is 5.57. The molecular formula is C25H26N6O3. The first-order chi connectivity index (χ1) is 16.7. The fourth-order valence-electron chi connectivity index (χ4n) is 3.39. The molecule has 9 nitrogen and oxygen atoms in total. The zero-order chi connectivity index (χ0) is 23.8. The van der Waals surface area contributed by atoms with Crippen LogP contribution in [0.2, 0.25) is 0 Å². The third-order valence-electron chi connectivity index (χ3n) is 5.11. The van der Waals surface area contributed by atoms with Crippen LogP contribution in [0.15, 0.2) is 71.7 Å². The molecule has 0 unspecified atom stereocenters. The number of aromatic nitrogens is 2. The number of morpholine rings is 1. The average Bonchev–Trinajstić information content (AvgIpc) is 2.89. The minimum Gasteiger partial charge on any atom is -0.492 e. The molecule has 34 heavy (non-hydrogen) atoms. The lowest BCUT2D eigenvalue weighted by Crippen LogP contribution is -2.38. The van der Waals surface area contributed by atoms with Gasteiger partial charge < -0.3 is 25.4 Å². The predicted octanol–water partition coefficient (Wildman–Crippen LogP) is 3.28. The summed E-state index contributed by atoms with van der Waals surface area (Å²) in [6.45, 7) is 2.30. The van der Waals surface area contributed by atoms with Gasteiger partial charge in [0.15, 0.2) is 11.4 Å². The molecule has 4 rings (SSSR count). The molecule has 1 aliphatic rings. The molecule has 0 spiro atoms. The van der Waals surface area contributed by atoms with Crippen molar-refractivity contribution in [2.75, 3.05) is 43.6 Å². The number of carbonyl (C=O) groups excluding carboxylic acids is 1. The van der Waals surface area contributed by atoms with Gasteiger partial charge in [0.05, 0.1) is 31.7 Å². The van der Waals surface area contributed by atoms with E-state index < -0.39 is 5.91 Å². The second kappa shape index (κ2) is 11.1. The topological polar surface area (TPSA) is 115 Å². The van der Waals surface area contributed by atoms with Crippen molar-refractivity contribution < 1.29 is 14.3 Å². The van der Waals surface area contributed by atoms with E-state index in [0.29, 0.717) is 49.3 Å². The predicted molar refractivity (Wildman–Crippen MR) is 133 cm³/mol. The molecule has 0 atom stereocenters. The summed E-state index contributed by atoms with van der Waals surface area (Å²) in [6.07, 6.45) is 3.21. The molecule has 0 radical (unpaired) electrons. The number of para-hydroxylation sites is 2. The van der Waals surface area contributed by atoms with Gasteiger partial charge in [0.2, 0.25) is 5.95 Å². The summed E-state index contributed by atoms with van der Waals surface area (Å²) >= 11 is 0. The number of amides is 1. The van der Waals surface area contributed by atoms with E-state index in [4.69, 9.17) is 15.2 Å². The van der Waals surface area contributed by atoms with Gasteiger partial charge in [-0.15, -0.1) is 0 Å². The van der Waals surface area contributed by atoms with Gasteiger partial charge in [-0.3, -0.25) is 9.79 Å². The van der Waals surface area contributed by atoms with Gasteiger partial charge in [-0.2, -0.15) is 0 Å². The van der Waals surface area contributed by atoms with Crippen molar-refractivity contribution in [2.24, 2.45) is 10.7 Å². The summed E-state index contributed by atoms with van der Waals surface area (Å²) in [5.74, 6) is 0.146. The van der Waals surface area contributed by atoms with Crippen molar-refractivity contribution in [3.05, 3.63) is 78.1 Å². The van der Waals surface area contributed by atoms with Gasteiger partial charge >= 0.3 is 0 Å². The molecule has 3 aromatic rings. The lowest BCUT2D eigenvalue weighted by molar-refractivity contribution is 0.101. The molecule has 9 heteroatoms. The number of hydrogen-bond acceptors (Lipinski definition) is 8. The highest BCUT2D eigenvalue weighted by atomic mass is 16.5. The Morgan fingerprint density at radius 3 is 2.38 bits per heavy atom. The van der Waals surface area contributed by atoms with E-state index in [-0.39, 0.29) is 11.4 Å². The summed E-state index contributed by atoms with van der Waals surface area (Å²) in [7, 11) is 1.46. The van der Waals surface area contributed by atoms with Crippen LogP contribution in [0.5, 0.6) is 5.75 Å². The van der Waals surface area contributed by atoms with Crippen molar-refractivity contribution in [3.8, 4) is 5.75 Å². The second-order valence-corrected chi connectivity index (χ2v) is 7.41. The molecule has 1 saturated heterocycles. The van der Waals surface area contributed by atoms with Crippen LogP contribution in [-0.4, -0.2) is 55.5 Å². The summed E-state index contributed by atoms with van der Waals surface area (Å²) in [6, 6.07) is 18.6. The number of benzene rings is 2. The van der Waals surface area contributed by atoms with Crippen molar-refractivity contribution in [2.45, 2.75) is 0 Å². The molecule has 0 bridgehead atoms. The van der Waals surface area contributed by atoms with Crippen molar-refractivity contribution in [1.82, 2.24) is 9.97 Å². The Bertz CT molecular complexity index is 1180. The van der Waals surface area contributed by atoms with E-state index in [0.717, 1.165) is 5.69 Å². The fourth-order valence-corrected chi connectivity index (χ4v) is 3.39. The number of aliphatic imine (C=N–C) groups is 1. The van der Waals surface area contributed by atoms with E-state index in [1.165, 1.54) is 7.11 Å². The third-order valence-corrected chi connectivity index (χ3v) is 5.11. The maximum Gasteiger partial charge on any atom is 0.278 e. The van der Waals surface area contributed by atoms with E-state index in [2.05, 4.69) is 20.3 Å². The van der Waals surface area contributed by atoms with E-state index in [1.54, 1.807) is 24.4 Å². The SMILES string of the molecule is COc1c(C(=O)Nc2ccccc2)nc(N2CCOCC2)nc1C(N)=CC=Nc1ccccc1. The molecule has 1 aliphatic heterocycles. The smallest absolute Gasteiger partial charge is 0.278 e. The molecule has 2 aromatic carbocycles. The van der Waals surface area contributed by atoms with Crippen molar-refractivity contribution in [1.29, 1.82) is 0 Å². The molecule has 0 aliphatic carbocycles. The maximum absolute atomic E-state index is 13.2. The van der Waals surface area contributed by atoms with Gasteiger partial charge in [-0.25, -0.2) is 9.97 Å². The van der Waals surface area contributed by atoms with Gasteiger partial charge in [0.25, 0.3) is 5.91 Å². The largest absolute Gasteiger partial charge is 0.492 e. The number of hydrogen-bond donors (Lipinski definition) is 2. The summed E-state index contributed by atoms with van der Waals surface area (Å²) in [4.78, 5) is 28.7. The van der Waals surface area contributed by atoms with Crippen LogP contribution in [0, 0.1) is 0 Å². The Hall–Kier alpha value is -4.24. The van der Waals surface area contributed by atoms with Crippen LogP contribution in [0.4, 0.5) is 17.3 Å². The summed E-state index contributed by atoms with van der Waals surface area (Å²) in [5, 5.41) is 2.85. The molecule has 174 valence electrons. The molecule has 0 saturated carbocycles. The molecular weight excluding hydrogens is 432 g/mol. The molecule has 1 fully saturated rings. The van der Waals surface area contributed by atoms with Crippen molar-refractivity contribution >= 4 is 35.1 Å². The summed E-state index contributed by atoms with van der Waals surface area (Å²) in [5.41, 5.74) is 8.51. The van der Waals surface area contributed by atoms with Gasteiger partial charge in [-0.05, 0) is 30.3 Å². The Kier molecular flexibility index (Phi) is 7.46. The number of ether oxygens (including phenoxy) is 2. The maximum atomic E-state index is 13.2. The van der Waals surface area contributed by atoms with Crippen LogP contribution in [0.25, 0.3) is 5.70 Å². The highest BCUT2D eigenvalue weighted by Crippen LogP contribution is 2.28. The second-order valence-electron chi connectivity index (χ2n) is 7.41. The first kappa shape index (κ1) is 22.9. The molecule has 1 amide bonds. The number of nitrogens with zero attached hydrogens (tertiary/aromatic N) is 4. The average molecular weight is 459 g/mol. The Morgan fingerprint density at radius 2 is 1.71 bits per heavy atom. The Balaban J connectivity index is 1.72. The number of anilines is 2. The normalized spacial score (nSPS) is 14.3. The number of carbonyl (C=O) groups is 1. The van der Waals surface area contributed by atoms with Crippen LogP contribution in [0.1, 0.15) is 16.2 Å². The zero-order valence-electron chi connectivity index (χ0n) is 18.8. The van der Waals surface area contributed by atoms with Gasteiger partial charge in [0, 0.05) is 25.0 Å². The van der Waals surface area contributed by atoms with Crippen LogP contribution in [0.3, 0.4) is 0 Å². The zero-order valence-corrected chi connectivity index (χ0v) is 18.8. The molecule has 3 N–H and O–H groups in total. The first-order valence-electron chi connectivity index (χ1n) is 10.9. The quantitative estimate of drug-likeness (QED) is 0.522. The van der Waals surface area contributed by atoms with E-state index in [9.17, 15) is 4.79 Å². The van der Waals surface area contributed by atoms with Gasteiger partial charge in [-0.1, -0.05) is 36.4 Å². The van der Waals surface area contributed by atoms with Crippen LogP contribution in [-0.2, 0) is 4.74 Å². The standard InChI is InChI=1S/C25H26N6O3/c1-33-23-21(20(26)12-13-27-18-8-4-2-5-9-18)29-25(31-14-16-34-17-15-31)30-22(23)24(32)28-19-10-6-3-7-11-19/h2-13H,14-17,26H2,1H3,(H,28,32). The highest BCUT2D eigenvalue weighted by Gasteiger charge is 2.25. The van der Waals surface area contributed by atoms with E-state index in [1.807, 2.05) is 53.4 Å². The number of allylic oxidation sites excluding steroid dienone is 1. The number of rotatable bonds is 7. The van der Waals surface area contributed by atoms with E-state index >= 15 is 0 Å². The Morgan fingerprint density at radius 1 is 1.06 bits per heavy atom. The van der Waals surface area contributed by atoms with Crippen LogP contribution >= 0.6 is 0 Å². The van der Waals surface area contributed by atoms with Crippen molar-refractivity contribution in [3.63, 3.8) is 0 Å². The fraction of sp³-hybridized carbons (Fsp3) is 0.200. The number of nitrogens with one attached hydrogen (secondary N) is 1. The Labute approximate surface area is 198 Å². The number of methoxy groups -OCH3 is 1. The van der Waals surface area contributed by atoms with Crippen LogP contribution < -0.4 is 20.7 Å². The monoisotopic (exact) mass is 458 g/mol. The molecule has 2 heterocycles. The van der Waals surface area contributed by atoms with Gasteiger partial charge in [0.1, 0.15) is 5.69 Å². The first-order valence-corrected chi connectivity index (χ1v) is 10.9. The highest BCUT2D eigenvalue weighted by molar-refractivity contribution is 6.06. The lowest BCUT2D eigenvalue weighted by atomic mass is 10.2. The number of nitrogens with two attached hydrogens (primary N) is 1.